The zero-order valence-corrected chi connectivity index (χ0v) is 13.4. The van der Waals surface area contributed by atoms with Crippen LogP contribution in [0, 0.1) is 0 Å². The van der Waals surface area contributed by atoms with Crippen LogP contribution in [0.2, 0.25) is 0 Å². The highest BCUT2D eigenvalue weighted by Crippen LogP contribution is 2.24. The molecule has 1 unspecified atom stereocenters. The van der Waals surface area contributed by atoms with E-state index in [4.69, 9.17) is 14.2 Å². The standard InChI is InChI=1S/C17H25NO4/c1-20-14-7-6-13(16(11-14)21-2)8-9-18-17(19)12-15-5-3-4-10-22-15/h6-7,11,15H,3-5,8-10,12H2,1-2H3,(H,18,19). The summed E-state index contributed by atoms with van der Waals surface area (Å²) >= 11 is 0. The summed E-state index contributed by atoms with van der Waals surface area (Å²) in [7, 11) is 3.26. The molecule has 0 aromatic heterocycles. The minimum absolute atomic E-state index is 0.0550. The smallest absolute Gasteiger partial charge is 0.222 e. The van der Waals surface area contributed by atoms with E-state index in [0.29, 0.717) is 13.0 Å². The first-order valence-electron chi connectivity index (χ1n) is 7.82. The number of benzene rings is 1. The van der Waals surface area contributed by atoms with Crippen molar-refractivity contribution in [2.24, 2.45) is 0 Å². The van der Waals surface area contributed by atoms with Gasteiger partial charge in [-0.25, -0.2) is 0 Å². The second-order valence-electron chi connectivity index (χ2n) is 5.47. The highest BCUT2D eigenvalue weighted by molar-refractivity contribution is 5.76. The highest BCUT2D eigenvalue weighted by Gasteiger charge is 2.17. The van der Waals surface area contributed by atoms with Crippen LogP contribution < -0.4 is 14.8 Å². The minimum Gasteiger partial charge on any atom is -0.497 e. The van der Waals surface area contributed by atoms with Crippen LogP contribution in [0.15, 0.2) is 18.2 Å². The number of carbonyl (C=O) groups excluding carboxylic acids is 1. The van der Waals surface area contributed by atoms with Gasteiger partial charge in [-0.15, -0.1) is 0 Å². The molecule has 5 heteroatoms. The van der Waals surface area contributed by atoms with Crippen LogP contribution in [-0.4, -0.2) is 39.4 Å². The maximum atomic E-state index is 11.9. The molecule has 1 N–H and O–H groups in total. The molecule has 0 radical (unpaired) electrons. The number of methoxy groups -OCH3 is 2. The lowest BCUT2D eigenvalue weighted by Crippen LogP contribution is -2.31. The molecule has 1 saturated heterocycles. The molecule has 0 spiro atoms. The van der Waals surface area contributed by atoms with E-state index in [1.54, 1.807) is 14.2 Å². The molecule has 0 saturated carbocycles. The second kappa shape index (κ2) is 8.63. The summed E-state index contributed by atoms with van der Waals surface area (Å²) in [5.41, 5.74) is 1.05. The van der Waals surface area contributed by atoms with Crippen molar-refractivity contribution < 1.29 is 19.0 Å². The van der Waals surface area contributed by atoms with Gasteiger partial charge in [0.2, 0.25) is 5.91 Å². The Hall–Kier alpha value is -1.75. The number of hydrogen-bond donors (Lipinski definition) is 1. The number of ether oxygens (including phenoxy) is 3. The monoisotopic (exact) mass is 307 g/mol. The molecule has 1 amide bonds. The van der Waals surface area contributed by atoms with Gasteiger partial charge in [-0.05, 0) is 37.3 Å². The lowest BCUT2D eigenvalue weighted by molar-refractivity contribution is -0.124. The number of hydrogen-bond acceptors (Lipinski definition) is 4. The van der Waals surface area contributed by atoms with Crippen molar-refractivity contribution in [2.45, 2.75) is 38.2 Å². The average Bonchev–Trinajstić information content (AvgIpc) is 2.56. The number of nitrogens with one attached hydrogen (secondary N) is 1. The van der Waals surface area contributed by atoms with Crippen molar-refractivity contribution in [2.75, 3.05) is 27.4 Å². The highest BCUT2D eigenvalue weighted by atomic mass is 16.5. The number of amides is 1. The average molecular weight is 307 g/mol. The van der Waals surface area contributed by atoms with E-state index in [2.05, 4.69) is 5.32 Å². The molecule has 122 valence electrons. The Balaban J connectivity index is 1.76. The van der Waals surface area contributed by atoms with Gasteiger partial charge in [-0.2, -0.15) is 0 Å². The third kappa shape index (κ3) is 4.91. The summed E-state index contributed by atoms with van der Waals surface area (Å²) < 4.78 is 16.1. The van der Waals surface area contributed by atoms with Crippen molar-refractivity contribution in [1.29, 1.82) is 0 Å². The van der Waals surface area contributed by atoms with Crippen LogP contribution >= 0.6 is 0 Å². The maximum absolute atomic E-state index is 11.9. The summed E-state index contributed by atoms with van der Waals surface area (Å²) in [4.78, 5) is 11.9. The normalized spacial score (nSPS) is 17.8. The molecular formula is C17H25NO4. The topological polar surface area (TPSA) is 56.8 Å². The number of rotatable bonds is 7. The maximum Gasteiger partial charge on any atom is 0.222 e. The Labute approximate surface area is 131 Å². The molecule has 5 nitrogen and oxygen atoms in total. The molecule has 1 aliphatic rings. The fourth-order valence-electron chi connectivity index (χ4n) is 2.64. The minimum atomic E-state index is 0.0550. The Morgan fingerprint density at radius 3 is 2.86 bits per heavy atom. The van der Waals surface area contributed by atoms with Crippen LogP contribution in [-0.2, 0) is 16.0 Å². The first kappa shape index (κ1) is 16.6. The molecule has 2 rings (SSSR count). The van der Waals surface area contributed by atoms with E-state index in [0.717, 1.165) is 49.4 Å². The summed E-state index contributed by atoms with van der Waals surface area (Å²) in [6.07, 6.45) is 4.52. The van der Waals surface area contributed by atoms with Gasteiger partial charge in [0.1, 0.15) is 11.5 Å². The van der Waals surface area contributed by atoms with E-state index in [9.17, 15) is 4.79 Å². The van der Waals surface area contributed by atoms with Gasteiger partial charge in [0.05, 0.1) is 26.7 Å². The van der Waals surface area contributed by atoms with Crippen molar-refractivity contribution in [1.82, 2.24) is 5.32 Å². The van der Waals surface area contributed by atoms with Gasteiger partial charge >= 0.3 is 0 Å². The Morgan fingerprint density at radius 1 is 1.32 bits per heavy atom. The quantitative estimate of drug-likeness (QED) is 0.840. The summed E-state index contributed by atoms with van der Waals surface area (Å²) in [5.74, 6) is 1.60. The number of carbonyl (C=O) groups is 1. The molecule has 0 bridgehead atoms. The zero-order chi connectivity index (χ0) is 15.8. The summed E-state index contributed by atoms with van der Waals surface area (Å²) in [5, 5.41) is 2.95. The van der Waals surface area contributed by atoms with Gasteiger partial charge < -0.3 is 19.5 Å². The second-order valence-corrected chi connectivity index (χ2v) is 5.47. The molecule has 22 heavy (non-hydrogen) atoms. The molecule has 1 fully saturated rings. The SMILES string of the molecule is COc1ccc(CCNC(=O)CC2CCCCO2)c(OC)c1. The Morgan fingerprint density at radius 2 is 2.18 bits per heavy atom. The van der Waals surface area contributed by atoms with Gasteiger partial charge in [-0.3, -0.25) is 4.79 Å². The van der Waals surface area contributed by atoms with Gasteiger partial charge in [0.15, 0.2) is 0 Å². The van der Waals surface area contributed by atoms with Crippen LogP contribution in [0.25, 0.3) is 0 Å². The van der Waals surface area contributed by atoms with Crippen LogP contribution in [0.4, 0.5) is 0 Å². The largest absolute Gasteiger partial charge is 0.497 e. The van der Waals surface area contributed by atoms with Crippen molar-refractivity contribution in [3.63, 3.8) is 0 Å². The van der Waals surface area contributed by atoms with Gasteiger partial charge in [0.25, 0.3) is 0 Å². The first-order valence-corrected chi connectivity index (χ1v) is 7.82. The first-order chi connectivity index (χ1) is 10.7. The fraction of sp³-hybridized carbons (Fsp3) is 0.588. The zero-order valence-electron chi connectivity index (χ0n) is 13.4. The Bertz CT molecular complexity index is 484. The third-order valence-electron chi connectivity index (χ3n) is 3.90. The predicted octanol–water partition coefficient (Wildman–Crippen LogP) is 2.32. The van der Waals surface area contributed by atoms with E-state index in [-0.39, 0.29) is 12.0 Å². The third-order valence-corrected chi connectivity index (χ3v) is 3.90. The molecule has 1 aromatic carbocycles. The summed E-state index contributed by atoms with van der Waals surface area (Å²) in [6, 6.07) is 5.72. The molecule has 1 atom stereocenters. The molecule has 0 aliphatic carbocycles. The van der Waals surface area contributed by atoms with E-state index < -0.39 is 0 Å². The van der Waals surface area contributed by atoms with Crippen molar-refractivity contribution >= 4 is 5.91 Å². The molecular weight excluding hydrogens is 282 g/mol. The van der Waals surface area contributed by atoms with E-state index in [1.807, 2.05) is 18.2 Å². The van der Waals surface area contributed by atoms with Gasteiger partial charge in [0, 0.05) is 19.2 Å². The Kier molecular flexibility index (Phi) is 6.52. The van der Waals surface area contributed by atoms with Crippen LogP contribution in [0.1, 0.15) is 31.2 Å². The van der Waals surface area contributed by atoms with Crippen LogP contribution in [0.3, 0.4) is 0 Å². The lowest BCUT2D eigenvalue weighted by atomic mass is 10.1. The van der Waals surface area contributed by atoms with E-state index in [1.165, 1.54) is 0 Å². The predicted molar refractivity (Wildman–Crippen MR) is 84.5 cm³/mol. The summed E-state index contributed by atoms with van der Waals surface area (Å²) in [6.45, 7) is 1.37. The molecule has 1 aliphatic heterocycles. The van der Waals surface area contributed by atoms with Crippen molar-refractivity contribution in [3.05, 3.63) is 23.8 Å². The fourth-order valence-corrected chi connectivity index (χ4v) is 2.64. The van der Waals surface area contributed by atoms with Crippen molar-refractivity contribution in [3.8, 4) is 11.5 Å². The molecule has 1 heterocycles. The van der Waals surface area contributed by atoms with Gasteiger partial charge in [-0.1, -0.05) is 6.07 Å². The van der Waals surface area contributed by atoms with Crippen LogP contribution in [0.5, 0.6) is 11.5 Å². The molecule has 1 aromatic rings. The van der Waals surface area contributed by atoms with E-state index >= 15 is 0 Å². The lowest BCUT2D eigenvalue weighted by Gasteiger charge is -2.22.